The Labute approximate surface area is 136 Å². The number of sulfone groups is 1. The summed E-state index contributed by atoms with van der Waals surface area (Å²) >= 11 is 0. The van der Waals surface area contributed by atoms with Crippen LogP contribution in [-0.2, 0) is 22.7 Å². The van der Waals surface area contributed by atoms with Gasteiger partial charge in [-0.15, -0.1) is 0 Å². The molecule has 0 fully saturated rings. The normalized spacial score (nSPS) is 15.7. The Bertz CT molecular complexity index is 813. The summed E-state index contributed by atoms with van der Waals surface area (Å²) in [6.45, 7) is 0.554. The van der Waals surface area contributed by atoms with Crippen LogP contribution in [0.3, 0.4) is 0 Å². The molecular weight excluding hydrogens is 310 g/mol. The van der Waals surface area contributed by atoms with E-state index in [9.17, 15) is 13.2 Å². The van der Waals surface area contributed by atoms with E-state index >= 15 is 0 Å². The van der Waals surface area contributed by atoms with Gasteiger partial charge < -0.3 is 5.32 Å². The minimum Gasteiger partial charge on any atom is -0.352 e. The van der Waals surface area contributed by atoms with E-state index in [2.05, 4.69) is 5.32 Å². The lowest BCUT2D eigenvalue weighted by atomic mass is 10.1. The lowest BCUT2D eigenvalue weighted by molar-refractivity contribution is 0.0954. The van der Waals surface area contributed by atoms with Gasteiger partial charge in [0.05, 0.1) is 10.6 Å². The number of aryl methyl sites for hydroxylation is 1. The Balaban J connectivity index is 1.66. The highest BCUT2D eigenvalue weighted by Gasteiger charge is 2.24. The maximum atomic E-state index is 12.2. The second-order valence-electron chi connectivity index (χ2n) is 5.74. The van der Waals surface area contributed by atoms with Gasteiger partial charge in [-0.05, 0) is 48.6 Å². The maximum Gasteiger partial charge on any atom is 0.251 e. The SMILES string of the molecule is O=C(NCCc1ccccc1)c1ccc2c(c1)CCCS2(=O)=O. The number of amides is 1. The second kappa shape index (κ2) is 6.54. The molecule has 23 heavy (non-hydrogen) atoms. The molecule has 0 bridgehead atoms. The molecule has 1 heterocycles. The van der Waals surface area contributed by atoms with Crippen molar-refractivity contribution >= 4 is 15.7 Å². The van der Waals surface area contributed by atoms with Crippen LogP contribution in [0.4, 0.5) is 0 Å². The summed E-state index contributed by atoms with van der Waals surface area (Å²) in [5.74, 6) is 0.0366. The summed E-state index contributed by atoms with van der Waals surface area (Å²) in [7, 11) is -3.17. The number of carbonyl (C=O) groups excluding carboxylic acids is 1. The van der Waals surface area contributed by atoms with Gasteiger partial charge in [-0.3, -0.25) is 4.79 Å². The molecule has 5 heteroatoms. The number of benzene rings is 2. The summed E-state index contributed by atoms with van der Waals surface area (Å²) in [5, 5.41) is 2.89. The molecule has 1 amide bonds. The molecule has 1 aliphatic rings. The standard InChI is InChI=1S/C18H19NO3S/c20-18(19-11-10-14-5-2-1-3-6-14)16-8-9-17-15(13-16)7-4-12-23(17,21)22/h1-3,5-6,8-9,13H,4,7,10-12H2,(H,19,20). The van der Waals surface area contributed by atoms with Crippen LogP contribution in [0.15, 0.2) is 53.4 Å². The van der Waals surface area contributed by atoms with Crippen LogP contribution >= 0.6 is 0 Å². The van der Waals surface area contributed by atoms with Crippen molar-refractivity contribution in [3.05, 3.63) is 65.2 Å². The summed E-state index contributed by atoms with van der Waals surface area (Å²) < 4.78 is 24.0. The van der Waals surface area contributed by atoms with E-state index in [4.69, 9.17) is 0 Å². The molecule has 0 spiro atoms. The van der Waals surface area contributed by atoms with E-state index in [1.165, 1.54) is 5.56 Å². The quantitative estimate of drug-likeness (QED) is 0.937. The summed E-state index contributed by atoms with van der Waals surface area (Å²) in [5.41, 5.74) is 2.45. The molecule has 0 atom stereocenters. The van der Waals surface area contributed by atoms with E-state index in [0.29, 0.717) is 29.8 Å². The molecule has 2 aromatic rings. The Morgan fingerprint density at radius 3 is 2.65 bits per heavy atom. The van der Waals surface area contributed by atoms with Gasteiger partial charge in [0.2, 0.25) is 0 Å². The van der Waals surface area contributed by atoms with Gasteiger partial charge >= 0.3 is 0 Å². The van der Waals surface area contributed by atoms with Crippen molar-refractivity contribution in [3.8, 4) is 0 Å². The Hall–Kier alpha value is -2.14. The molecule has 1 aliphatic heterocycles. The van der Waals surface area contributed by atoms with Crippen molar-refractivity contribution < 1.29 is 13.2 Å². The average molecular weight is 329 g/mol. The number of rotatable bonds is 4. The van der Waals surface area contributed by atoms with Crippen molar-refractivity contribution in [2.45, 2.75) is 24.2 Å². The summed E-state index contributed by atoms with van der Waals surface area (Å²) in [6.07, 6.45) is 2.10. The largest absolute Gasteiger partial charge is 0.352 e. The predicted octanol–water partition coefficient (Wildman–Crippen LogP) is 2.38. The van der Waals surface area contributed by atoms with E-state index in [-0.39, 0.29) is 11.7 Å². The summed E-state index contributed by atoms with van der Waals surface area (Å²) in [6, 6.07) is 14.8. The first-order valence-electron chi connectivity index (χ1n) is 7.74. The fraction of sp³-hybridized carbons (Fsp3) is 0.278. The zero-order valence-corrected chi connectivity index (χ0v) is 13.6. The van der Waals surface area contributed by atoms with Crippen LogP contribution in [-0.4, -0.2) is 26.6 Å². The number of fused-ring (bicyclic) bond motifs is 1. The third kappa shape index (κ3) is 3.62. The fourth-order valence-corrected chi connectivity index (χ4v) is 4.43. The topological polar surface area (TPSA) is 63.2 Å². The maximum absolute atomic E-state index is 12.2. The smallest absolute Gasteiger partial charge is 0.251 e. The third-order valence-electron chi connectivity index (χ3n) is 4.06. The highest BCUT2D eigenvalue weighted by Crippen LogP contribution is 2.25. The average Bonchev–Trinajstić information content (AvgIpc) is 2.55. The molecule has 3 rings (SSSR count). The molecule has 2 aromatic carbocycles. The number of hydrogen-bond donors (Lipinski definition) is 1. The predicted molar refractivity (Wildman–Crippen MR) is 89.3 cm³/mol. The van der Waals surface area contributed by atoms with Gasteiger partial charge in [-0.25, -0.2) is 8.42 Å². The van der Waals surface area contributed by atoms with Crippen LogP contribution < -0.4 is 5.32 Å². The first-order valence-corrected chi connectivity index (χ1v) is 9.39. The monoisotopic (exact) mass is 329 g/mol. The Kier molecular flexibility index (Phi) is 4.48. The first-order chi connectivity index (χ1) is 11.1. The van der Waals surface area contributed by atoms with Gasteiger partial charge in [0.15, 0.2) is 9.84 Å². The lowest BCUT2D eigenvalue weighted by Crippen LogP contribution is -2.26. The van der Waals surface area contributed by atoms with Crippen molar-refractivity contribution in [3.63, 3.8) is 0 Å². The van der Waals surface area contributed by atoms with E-state index in [0.717, 1.165) is 12.0 Å². The van der Waals surface area contributed by atoms with Crippen LogP contribution in [0.25, 0.3) is 0 Å². The highest BCUT2D eigenvalue weighted by molar-refractivity contribution is 7.91. The van der Waals surface area contributed by atoms with Gasteiger partial charge in [0.25, 0.3) is 5.91 Å². The number of hydrogen-bond acceptors (Lipinski definition) is 3. The highest BCUT2D eigenvalue weighted by atomic mass is 32.2. The zero-order valence-electron chi connectivity index (χ0n) is 12.8. The third-order valence-corrected chi connectivity index (χ3v) is 5.95. The lowest BCUT2D eigenvalue weighted by Gasteiger charge is -2.17. The van der Waals surface area contributed by atoms with Crippen molar-refractivity contribution in [2.24, 2.45) is 0 Å². The van der Waals surface area contributed by atoms with Gasteiger partial charge in [0.1, 0.15) is 0 Å². The van der Waals surface area contributed by atoms with Gasteiger partial charge in [-0.1, -0.05) is 30.3 Å². The van der Waals surface area contributed by atoms with E-state index < -0.39 is 9.84 Å². The first kappa shape index (κ1) is 15.7. The zero-order chi connectivity index (χ0) is 16.3. The number of carbonyl (C=O) groups is 1. The molecule has 0 aromatic heterocycles. The molecule has 0 saturated carbocycles. The van der Waals surface area contributed by atoms with Crippen molar-refractivity contribution in [1.29, 1.82) is 0 Å². The summed E-state index contributed by atoms with van der Waals surface area (Å²) in [4.78, 5) is 12.6. The Morgan fingerprint density at radius 2 is 1.87 bits per heavy atom. The minimum absolute atomic E-state index is 0.160. The van der Waals surface area contributed by atoms with E-state index in [1.807, 2.05) is 30.3 Å². The molecule has 0 saturated heterocycles. The molecule has 0 radical (unpaired) electrons. The molecular formula is C18H19NO3S. The van der Waals surface area contributed by atoms with Crippen LogP contribution in [0.5, 0.6) is 0 Å². The van der Waals surface area contributed by atoms with Crippen molar-refractivity contribution in [1.82, 2.24) is 5.32 Å². The second-order valence-corrected chi connectivity index (χ2v) is 7.81. The fourth-order valence-electron chi connectivity index (χ4n) is 2.85. The van der Waals surface area contributed by atoms with Crippen LogP contribution in [0.1, 0.15) is 27.9 Å². The molecule has 4 nitrogen and oxygen atoms in total. The molecule has 0 unspecified atom stereocenters. The van der Waals surface area contributed by atoms with E-state index in [1.54, 1.807) is 18.2 Å². The number of nitrogens with one attached hydrogen (secondary N) is 1. The van der Waals surface area contributed by atoms with Gasteiger partial charge in [0, 0.05) is 12.1 Å². The molecule has 0 aliphatic carbocycles. The van der Waals surface area contributed by atoms with Crippen LogP contribution in [0, 0.1) is 0 Å². The molecule has 120 valence electrons. The van der Waals surface area contributed by atoms with Crippen molar-refractivity contribution in [2.75, 3.05) is 12.3 Å². The van der Waals surface area contributed by atoms with Gasteiger partial charge in [-0.2, -0.15) is 0 Å². The minimum atomic E-state index is -3.17. The Morgan fingerprint density at radius 1 is 1.09 bits per heavy atom. The van der Waals surface area contributed by atoms with Crippen LogP contribution in [0.2, 0.25) is 0 Å². The molecule has 1 N–H and O–H groups in total.